The number of nitrogens with one attached hydrogen (secondary N) is 1. The Hall–Kier alpha value is -0.820. The first-order valence-corrected chi connectivity index (χ1v) is 4.18. The lowest BCUT2D eigenvalue weighted by molar-refractivity contribution is 0.793. The van der Waals surface area contributed by atoms with Crippen LogP contribution in [-0.2, 0) is 12.8 Å². The molecule has 1 nitrogen and oxygen atoms in total. The van der Waals surface area contributed by atoms with E-state index in [9.17, 15) is 0 Å². The van der Waals surface area contributed by atoms with E-state index in [1.807, 2.05) is 6.07 Å². The van der Waals surface area contributed by atoms with Gasteiger partial charge in [-0.05, 0) is 30.0 Å². The first-order chi connectivity index (χ1) is 5.43. The molecule has 1 aliphatic carbocycles. The van der Waals surface area contributed by atoms with Gasteiger partial charge in [0.25, 0.3) is 0 Å². The highest BCUT2D eigenvalue weighted by Gasteiger charge is 2.39. The molecule has 1 aromatic carbocycles. The molecule has 0 spiro atoms. The van der Waals surface area contributed by atoms with Crippen LogP contribution in [0.2, 0.25) is 0 Å². The van der Waals surface area contributed by atoms with E-state index in [4.69, 9.17) is 0 Å². The van der Waals surface area contributed by atoms with Crippen LogP contribution in [0.3, 0.4) is 0 Å². The van der Waals surface area contributed by atoms with Gasteiger partial charge in [-0.2, -0.15) is 0 Å². The van der Waals surface area contributed by atoms with Gasteiger partial charge in [0.1, 0.15) is 0 Å². The highest BCUT2D eigenvalue weighted by Crippen LogP contribution is 2.28. The average Bonchev–Trinajstić information content (AvgIpc) is 2.77. The zero-order valence-corrected chi connectivity index (χ0v) is 6.30. The van der Waals surface area contributed by atoms with Crippen molar-refractivity contribution >= 4 is 0 Å². The molecule has 2 atom stereocenters. The van der Waals surface area contributed by atoms with Gasteiger partial charge < -0.3 is 5.32 Å². The molecule has 0 aromatic heterocycles. The van der Waals surface area contributed by atoms with Gasteiger partial charge in [0, 0.05) is 12.1 Å². The van der Waals surface area contributed by atoms with Gasteiger partial charge in [0.15, 0.2) is 0 Å². The fourth-order valence-corrected chi connectivity index (χ4v) is 1.97. The molecule has 0 amide bonds. The van der Waals surface area contributed by atoms with Crippen molar-refractivity contribution in [3.05, 3.63) is 35.4 Å². The second kappa shape index (κ2) is 1.86. The maximum Gasteiger partial charge on any atom is 0.0268 e. The summed E-state index contributed by atoms with van der Waals surface area (Å²) in [6.45, 7) is 0. The van der Waals surface area contributed by atoms with E-state index >= 15 is 0 Å². The summed E-state index contributed by atoms with van der Waals surface area (Å²) in [5.74, 6) is 0. The van der Waals surface area contributed by atoms with E-state index in [1.54, 1.807) is 0 Å². The molecule has 1 heterocycles. The topological polar surface area (TPSA) is 21.9 Å². The Morgan fingerprint density at radius 2 is 2.27 bits per heavy atom. The summed E-state index contributed by atoms with van der Waals surface area (Å²) < 4.78 is 0. The summed E-state index contributed by atoms with van der Waals surface area (Å²) >= 11 is 0. The van der Waals surface area contributed by atoms with Crippen molar-refractivity contribution in [3.63, 3.8) is 0 Å². The molecule has 11 heavy (non-hydrogen) atoms. The monoisotopic (exact) mass is 144 g/mol. The van der Waals surface area contributed by atoms with Crippen molar-refractivity contribution in [1.29, 1.82) is 0 Å². The standard InChI is InChI=1S/C10H10N/c1-2-4-8-6-10-9(11-10)5-7(8)3-1/h1-3,9-11H,5-6H2. The zero-order valence-electron chi connectivity index (χ0n) is 6.30. The molecule has 1 heteroatoms. The summed E-state index contributed by atoms with van der Waals surface area (Å²) in [4.78, 5) is 0. The van der Waals surface area contributed by atoms with Crippen LogP contribution in [0, 0.1) is 6.07 Å². The van der Waals surface area contributed by atoms with Crippen molar-refractivity contribution in [2.24, 2.45) is 0 Å². The molecule has 0 bridgehead atoms. The van der Waals surface area contributed by atoms with Gasteiger partial charge in [0.2, 0.25) is 0 Å². The van der Waals surface area contributed by atoms with Gasteiger partial charge in [-0.3, -0.25) is 0 Å². The smallest absolute Gasteiger partial charge is 0.0268 e. The van der Waals surface area contributed by atoms with Crippen LogP contribution in [0.4, 0.5) is 0 Å². The Labute approximate surface area is 66.4 Å². The predicted octanol–water partition coefficient (Wildman–Crippen LogP) is 0.926. The van der Waals surface area contributed by atoms with Gasteiger partial charge in [0.05, 0.1) is 0 Å². The van der Waals surface area contributed by atoms with E-state index in [-0.39, 0.29) is 0 Å². The number of hydrogen-bond acceptors (Lipinski definition) is 1. The highest BCUT2D eigenvalue weighted by atomic mass is 15.1. The molecule has 1 radical (unpaired) electrons. The lowest BCUT2D eigenvalue weighted by Crippen LogP contribution is -2.11. The Morgan fingerprint density at radius 1 is 1.36 bits per heavy atom. The third-order valence-electron chi connectivity index (χ3n) is 2.71. The normalized spacial score (nSPS) is 32.4. The first kappa shape index (κ1) is 5.78. The number of fused-ring (bicyclic) bond motifs is 2. The van der Waals surface area contributed by atoms with Crippen molar-refractivity contribution in [3.8, 4) is 0 Å². The molecule has 1 aromatic rings. The molecule has 1 N–H and O–H groups in total. The van der Waals surface area contributed by atoms with Crippen LogP contribution in [0.15, 0.2) is 18.2 Å². The SMILES string of the molecule is [c]1cccc2c1CC1NC1C2. The van der Waals surface area contributed by atoms with Crippen molar-refractivity contribution in [2.75, 3.05) is 0 Å². The van der Waals surface area contributed by atoms with Gasteiger partial charge in [-0.15, -0.1) is 0 Å². The number of benzene rings is 1. The molecule has 55 valence electrons. The molecule has 2 unspecified atom stereocenters. The molecule has 1 saturated heterocycles. The van der Waals surface area contributed by atoms with Crippen LogP contribution >= 0.6 is 0 Å². The molecule has 3 rings (SSSR count). The van der Waals surface area contributed by atoms with Crippen molar-refractivity contribution in [2.45, 2.75) is 24.9 Å². The molecule has 1 aliphatic heterocycles. The van der Waals surface area contributed by atoms with Crippen LogP contribution in [0.5, 0.6) is 0 Å². The number of rotatable bonds is 0. The van der Waals surface area contributed by atoms with Crippen molar-refractivity contribution in [1.82, 2.24) is 5.32 Å². The fraction of sp³-hybridized carbons (Fsp3) is 0.400. The zero-order chi connectivity index (χ0) is 7.26. The van der Waals surface area contributed by atoms with Crippen LogP contribution in [0.25, 0.3) is 0 Å². The summed E-state index contributed by atoms with van der Waals surface area (Å²) in [6, 6.07) is 11.2. The Morgan fingerprint density at radius 3 is 3.27 bits per heavy atom. The van der Waals surface area contributed by atoms with E-state index < -0.39 is 0 Å². The van der Waals surface area contributed by atoms with Crippen LogP contribution < -0.4 is 5.32 Å². The highest BCUT2D eigenvalue weighted by molar-refractivity contribution is 5.34. The average molecular weight is 144 g/mol. The Kier molecular flexibility index (Phi) is 0.977. The maximum absolute atomic E-state index is 3.46. The maximum atomic E-state index is 3.46. The lowest BCUT2D eigenvalue weighted by Gasteiger charge is -2.11. The van der Waals surface area contributed by atoms with Crippen LogP contribution in [-0.4, -0.2) is 12.1 Å². The van der Waals surface area contributed by atoms with Gasteiger partial charge in [-0.1, -0.05) is 18.2 Å². The predicted molar refractivity (Wildman–Crippen MR) is 43.4 cm³/mol. The minimum absolute atomic E-state index is 0.779. The third kappa shape index (κ3) is 0.809. The van der Waals surface area contributed by atoms with E-state index in [2.05, 4.69) is 23.5 Å². The second-order valence-corrected chi connectivity index (χ2v) is 3.46. The second-order valence-electron chi connectivity index (χ2n) is 3.46. The molecule has 2 aliphatic rings. The van der Waals surface area contributed by atoms with E-state index in [1.165, 1.54) is 24.0 Å². The minimum Gasteiger partial charge on any atom is -0.307 e. The van der Waals surface area contributed by atoms with E-state index in [0.29, 0.717) is 0 Å². The summed E-state index contributed by atoms with van der Waals surface area (Å²) in [6.07, 6.45) is 2.41. The molecule has 0 saturated carbocycles. The number of hydrogen-bond donors (Lipinski definition) is 1. The first-order valence-electron chi connectivity index (χ1n) is 4.18. The summed E-state index contributed by atoms with van der Waals surface area (Å²) in [5.41, 5.74) is 2.93. The van der Waals surface area contributed by atoms with Crippen LogP contribution in [0.1, 0.15) is 11.1 Å². The summed E-state index contributed by atoms with van der Waals surface area (Å²) in [7, 11) is 0. The Balaban J connectivity index is 2.07. The molecular weight excluding hydrogens is 134 g/mol. The largest absolute Gasteiger partial charge is 0.307 e. The third-order valence-corrected chi connectivity index (χ3v) is 2.71. The lowest BCUT2D eigenvalue weighted by atomic mass is 9.92. The molecule has 1 fully saturated rings. The van der Waals surface area contributed by atoms with E-state index in [0.717, 1.165) is 12.1 Å². The Bertz CT molecular complexity index is 264. The van der Waals surface area contributed by atoms with Gasteiger partial charge in [-0.25, -0.2) is 0 Å². The minimum atomic E-state index is 0.779. The van der Waals surface area contributed by atoms with Gasteiger partial charge >= 0.3 is 0 Å². The molecular formula is C10H10N. The fourth-order valence-electron chi connectivity index (χ4n) is 1.97. The van der Waals surface area contributed by atoms with Crippen molar-refractivity contribution < 1.29 is 0 Å². The summed E-state index contributed by atoms with van der Waals surface area (Å²) in [5, 5.41) is 3.46. The quantitative estimate of drug-likeness (QED) is 0.537.